The molecule has 0 bridgehead atoms. The molecule has 0 saturated heterocycles. The van der Waals surface area contributed by atoms with E-state index in [1.54, 1.807) is 36.7 Å². The van der Waals surface area contributed by atoms with Gasteiger partial charge in [0.15, 0.2) is 0 Å². The fourth-order valence-electron chi connectivity index (χ4n) is 3.54. The van der Waals surface area contributed by atoms with E-state index in [4.69, 9.17) is 5.73 Å². The van der Waals surface area contributed by atoms with Gasteiger partial charge in [0.25, 0.3) is 5.78 Å². The minimum atomic E-state index is -1.56. The third-order valence-electron chi connectivity index (χ3n) is 4.68. The van der Waals surface area contributed by atoms with E-state index in [0.717, 1.165) is 5.56 Å². The highest BCUT2D eigenvalue weighted by Crippen LogP contribution is 2.34. The van der Waals surface area contributed by atoms with Crippen LogP contribution in [0.4, 0.5) is 0 Å². The zero-order valence-corrected chi connectivity index (χ0v) is 14.6. The van der Waals surface area contributed by atoms with Gasteiger partial charge in [0.1, 0.15) is 0 Å². The monoisotopic (exact) mass is 373 g/mol. The van der Waals surface area contributed by atoms with Crippen LogP contribution in [-0.4, -0.2) is 32.3 Å². The second-order valence-electron chi connectivity index (χ2n) is 6.35. The molecule has 3 N–H and O–H groups in total. The summed E-state index contributed by atoms with van der Waals surface area (Å²) < 4.78 is 1.92. The number of carbonyl (C=O) groups excluding carboxylic acids is 2. The number of hydrogen-bond donors (Lipinski definition) is 2. The summed E-state index contributed by atoms with van der Waals surface area (Å²) in [5.74, 6) is -3.24. The molecule has 7 heteroatoms. The van der Waals surface area contributed by atoms with E-state index in [0.29, 0.717) is 28.4 Å². The first kappa shape index (κ1) is 17.4. The van der Waals surface area contributed by atoms with Gasteiger partial charge in [-0.3, -0.25) is 14.6 Å². The number of ketones is 1. The lowest BCUT2D eigenvalue weighted by Gasteiger charge is -2.08. The van der Waals surface area contributed by atoms with Gasteiger partial charge in [0.05, 0.1) is 11.0 Å². The first-order valence-corrected chi connectivity index (χ1v) is 8.49. The van der Waals surface area contributed by atoms with Crippen molar-refractivity contribution in [3.8, 4) is 0 Å². The SMILES string of the molecule is NC(=O)c1cccc2c1c1c(C(=O)C(=O)O)cccc1n2Cc1cccnc1. The van der Waals surface area contributed by atoms with Crippen LogP contribution < -0.4 is 5.73 Å². The molecular weight excluding hydrogens is 358 g/mol. The highest BCUT2D eigenvalue weighted by molar-refractivity contribution is 6.43. The molecule has 0 aliphatic heterocycles. The predicted molar refractivity (Wildman–Crippen MR) is 103 cm³/mol. The highest BCUT2D eigenvalue weighted by Gasteiger charge is 2.24. The van der Waals surface area contributed by atoms with E-state index in [2.05, 4.69) is 4.98 Å². The van der Waals surface area contributed by atoms with Crippen LogP contribution in [0.25, 0.3) is 21.8 Å². The number of nitrogens with two attached hydrogens (primary N) is 1. The topological polar surface area (TPSA) is 115 Å². The van der Waals surface area contributed by atoms with Crippen molar-refractivity contribution in [2.24, 2.45) is 5.73 Å². The molecular formula is C21H15N3O4. The maximum Gasteiger partial charge on any atom is 0.377 e. The fourth-order valence-corrected chi connectivity index (χ4v) is 3.54. The Hall–Kier alpha value is -4.00. The van der Waals surface area contributed by atoms with Crippen LogP contribution in [0, 0.1) is 0 Å². The number of hydrogen-bond acceptors (Lipinski definition) is 4. The summed E-state index contributed by atoms with van der Waals surface area (Å²) in [4.78, 5) is 39.8. The first-order valence-electron chi connectivity index (χ1n) is 8.49. The number of carboxylic acid groups (broad SMARTS) is 1. The van der Waals surface area contributed by atoms with E-state index in [1.165, 1.54) is 6.07 Å². The van der Waals surface area contributed by atoms with Crippen molar-refractivity contribution in [3.63, 3.8) is 0 Å². The van der Waals surface area contributed by atoms with Crippen LogP contribution in [0.1, 0.15) is 26.3 Å². The Morgan fingerprint density at radius 1 is 0.929 bits per heavy atom. The number of benzene rings is 2. The largest absolute Gasteiger partial charge is 0.475 e. The lowest BCUT2D eigenvalue weighted by molar-refractivity contribution is -0.131. The predicted octanol–water partition coefficient (Wildman–Crippen LogP) is 2.60. The average molecular weight is 373 g/mol. The number of fused-ring (bicyclic) bond motifs is 3. The van der Waals surface area contributed by atoms with Crippen molar-refractivity contribution >= 4 is 39.5 Å². The van der Waals surface area contributed by atoms with Crippen LogP contribution in [0.15, 0.2) is 60.9 Å². The molecule has 1 amide bonds. The molecule has 0 aliphatic rings. The van der Waals surface area contributed by atoms with Crippen LogP contribution in [0.5, 0.6) is 0 Å². The third kappa shape index (κ3) is 2.69. The van der Waals surface area contributed by atoms with Crippen molar-refractivity contribution in [1.29, 1.82) is 0 Å². The van der Waals surface area contributed by atoms with E-state index in [9.17, 15) is 19.5 Å². The molecule has 0 saturated carbocycles. The Bertz CT molecular complexity index is 1260. The maximum atomic E-state index is 12.3. The molecule has 4 rings (SSSR count). The van der Waals surface area contributed by atoms with Crippen molar-refractivity contribution < 1.29 is 19.5 Å². The van der Waals surface area contributed by atoms with Crippen molar-refractivity contribution in [2.75, 3.05) is 0 Å². The van der Waals surface area contributed by atoms with Crippen LogP contribution >= 0.6 is 0 Å². The summed E-state index contributed by atoms with van der Waals surface area (Å²) in [5.41, 5.74) is 8.05. The quantitative estimate of drug-likeness (QED) is 0.412. The van der Waals surface area contributed by atoms with Gasteiger partial charge in [-0.15, -0.1) is 0 Å². The summed E-state index contributed by atoms with van der Waals surface area (Å²) in [6.45, 7) is 0.431. The van der Waals surface area contributed by atoms with Crippen LogP contribution in [0.2, 0.25) is 0 Å². The number of nitrogens with zero attached hydrogens (tertiary/aromatic N) is 2. The van der Waals surface area contributed by atoms with Gasteiger partial charge in [-0.1, -0.05) is 18.2 Å². The molecule has 0 atom stereocenters. The number of Topliss-reactive ketones (excluding diaryl/α,β-unsaturated/α-hetero) is 1. The molecule has 0 fully saturated rings. The molecule has 2 heterocycles. The fraction of sp³-hybridized carbons (Fsp3) is 0.0476. The Morgan fingerprint density at radius 3 is 2.14 bits per heavy atom. The smallest absolute Gasteiger partial charge is 0.377 e. The zero-order valence-electron chi connectivity index (χ0n) is 14.6. The second kappa shape index (κ2) is 6.62. The van der Waals surface area contributed by atoms with Crippen molar-refractivity contribution in [3.05, 3.63) is 77.6 Å². The van der Waals surface area contributed by atoms with Gasteiger partial charge in [0, 0.05) is 40.8 Å². The van der Waals surface area contributed by atoms with E-state index < -0.39 is 17.7 Å². The molecule has 0 aliphatic carbocycles. The Morgan fingerprint density at radius 2 is 1.57 bits per heavy atom. The van der Waals surface area contributed by atoms with Gasteiger partial charge >= 0.3 is 5.97 Å². The Balaban J connectivity index is 2.13. The maximum absolute atomic E-state index is 12.3. The molecule has 7 nitrogen and oxygen atoms in total. The van der Waals surface area contributed by atoms with Crippen molar-refractivity contribution in [2.45, 2.75) is 6.54 Å². The number of pyridine rings is 1. The molecule has 0 spiro atoms. The van der Waals surface area contributed by atoms with Gasteiger partial charge in [0.2, 0.25) is 5.91 Å². The Labute approximate surface area is 159 Å². The van der Waals surface area contributed by atoms with Gasteiger partial charge in [-0.25, -0.2) is 4.79 Å². The molecule has 2 aromatic heterocycles. The molecule has 28 heavy (non-hydrogen) atoms. The second-order valence-corrected chi connectivity index (χ2v) is 6.35. The minimum Gasteiger partial charge on any atom is -0.475 e. The number of carboxylic acids is 1. The number of rotatable bonds is 5. The molecule has 0 radical (unpaired) electrons. The summed E-state index contributed by atoms with van der Waals surface area (Å²) in [6, 6.07) is 13.7. The highest BCUT2D eigenvalue weighted by atomic mass is 16.4. The first-order chi connectivity index (χ1) is 13.5. The summed E-state index contributed by atoms with van der Waals surface area (Å²) in [6.07, 6.45) is 3.39. The van der Waals surface area contributed by atoms with E-state index >= 15 is 0 Å². The molecule has 138 valence electrons. The summed E-state index contributed by atoms with van der Waals surface area (Å²) in [7, 11) is 0. The zero-order chi connectivity index (χ0) is 19.8. The number of aliphatic carboxylic acids is 1. The van der Waals surface area contributed by atoms with Gasteiger partial charge in [-0.2, -0.15) is 0 Å². The van der Waals surface area contributed by atoms with Gasteiger partial charge < -0.3 is 15.4 Å². The van der Waals surface area contributed by atoms with E-state index in [-0.39, 0.29) is 11.1 Å². The number of carbonyl (C=O) groups is 3. The van der Waals surface area contributed by atoms with Crippen LogP contribution in [0.3, 0.4) is 0 Å². The third-order valence-corrected chi connectivity index (χ3v) is 4.68. The normalized spacial score (nSPS) is 11.0. The number of amides is 1. The lowest BCUT2D eigenvalue weighted by Crippen LogP contribution is -2.14. The molecule has 4 aromatic rings. The molecule has 0 unspecified atom stereocenters. The van der Waals surface area contributed by atoms with Crippen molar-refractivity contribution in [1.82, 2.24) is 9.55 Å². The minimum absolute atomic E-state index is 0.0219. The van der Waals surface area contributed by atoms with E-state index in [1.807, 2.05) is 22.8 Å². The van der Waals surface area contributed by atoms with Gasteiger partial charge in [-0.05, 0) is 35.9 Å². The Kier molecular flexibility index (Phi) is 4.12. The van der Waals surface area contributed by atoms with Crippen LogP contribution in [-0.2, 0) is 11.3 Å². The number of primary amides is 1. The number of aromatic nitrogens is 2. The summed E-state index contributed by atoms with van der Waals surface area (Å²) >= 11 is 0. The lowest BCUT2D eigenvalue weighted by atomic mass is 9.99. The standard InChI is InChI=1S/C21H15N3O4/c22-20(26)14-6-2-8-16-18(14)17-13(19(25)21(27)28)5-1-7-15(17)24(16)11-12-4-3-9-23-10-12/h1-10H,11H2,(H2,22,26)(H,27,28). The average Bonchev–Trinajstić information content (AvgIpc) is 3.02. The summed E-state index contributed by atoms with van der Waals surface area (Å²) in [5, 5.41) is 10.1. The molecule has 2 aromatic carbocycles.